The zero-order valence-corrected chi connectivity index (χ0v) is 9.60. The van der Waals surface area contributed by atoms with E-state index in [4.69, 9.17) is 5.11 Å². The van der Waals surface area contributed by atoms with Gasteiger partial charge in [-0.25, -0.2) is 4.79 Å². The predicted molar refractivity (Wildman–Crippen MR) is 57.2 cm³/mol. The topological polar surface area (TPSA) is 95.5 Å². The van der Waals surface area contributed by atoms with Gasteiger partial charge in [-0.05, 0) is 6.92 Å². The molecular formula is C8H16N2O4S. The lowest BCUT2D eigenvalue weighted by atomic mass is 10.4. The number of hydrogen-bond donors (Lipinski definition) is 3. The van der Waals surface area contributed by atoms with Crippen LogP contribution in [0.4, 0.5) is 4.79 Å². The largest absolute Gasteiger partial charge is 0.481 e. The van der Waals surface area contributed by atoms with Gasteiger partial charge in [-0.3, -0.25) is 9.00 Å². The first-order chi connectivity index (χ1) is 6.91. The molecule has 0 aliphatic heterocycles. The molecule has 0 aromatic carbocycles. The maximum absolute atomic E-state index is 11.1. The highest BCUT2D eigenvalue weighted by Gasteiger charge is 2.08. The molecule has 7 heteroatoms. The van der Waals surface area contributed by atoms with E-state index in [-0.39, 0.29) is 19.0 Å². The first-order valence-corrected chi connectivity index (χ1v) is 6.20. The number of amides is 2. The number of carboxylic acid groups (broad SMARTS) is 1. The highest BCUT2D eigenvalue weighted by Crippen LogP contribution is 1.85. The van der Waals surface area contributed by atoms with Gasteiger partial charge < -0.3 is 15.7 Å². The lowest BCUT2D eigenvalue weighted by Crippen LogP contribution is -2.43. The molecule has 0 bridgehead atoms. The molecule has 0 aliphatic rings. The molecule has 0 radical (unpaired) electrons. The second-order valence-electron chi connectivity index (χ2n) is 3.18. The van der Waals surface area contributed by atoms with Crippen LogP contribution in [0.3, 0.4) is 0 Å². The van der Waals surface area contributed by atoms with E-state index in [1.165, 1.54) is 0 Å². The van der Waals surface area contributed by atoms with Crippen LogP contribution < -0.4 is 10.6 Å². The van der Waals surface area contributed by atoms with Gasteiger partial charge in [0.2, 0.25) is 0 Å². The molecule has 0 saturated heterocycles. The van der Waals surface area contributed by atoms with Crippen LogP contribution in [0.15, 0.2) is 0 Å². The van der Waals surface area contributed by atoms with Crippen LogP contribution in [0, 0.1) is 0 Å². The van der Waals surface area contributed by atoms with E-state index < -0.39 is 22.8 Å². The third-order valence-electron chi connectivity index (χ3n) is 1.49. The lowest BCUT2D eigenvalue weighted by molar-refractivity contribution is -0.136. The fourth-order valence-corrected chi connectivity index (χ4v) is 1.74. The van der Waals surface area contributed by atoms with Crippen molar-refractivity contribution < 1.29 is 18.9 Å². The van der Waals surface area contributed by atoms with Crippen molar-refractivity contribution >= 4 is 22.8 Å². The van der Waals surface area contributed by atoms with Crippen LogP contribution in [-0.4, -0.2) is 45.9 Å². The third-order valence-corrected chi connectivity index (χ3v) is 2.46. The average molecular weight is 236 g/mol. The third kappa shape index (κ3) is 9.20. The molecule has 0 aromatic rings. The van der Waals surface area contributed by atoms with Crippen LogP contribution in [-0.2, 0) is 15.6 Å². The molecular weight excluding hydrogens is 220 g/mol. The molecule has 3 N–H and O–H groups in total. The van der Waals surface area contributed by atoms with Crippen molar-refractivity contribution in [1.29, 1.82) is 0 Å². The van der Waals surface area contributed by atoms with Crippen LogP contribution in [0.25, 0.3) is 0 Å². The van der Waals surface area contributed by atoms with Gasteiger partial charge in [0.05, 0.1) is 6.42 Å². The van der Waals surface area contributed by atoms with E-state index in [1.807, 2.05) is 0 Å². The van der Waals surface area contributed by atoms with Gasteiger partial charge in [-0.15, -0.1) is 0 Å². The van der Waals surface area contributed by atoms with E-state index in [0.29, 0.717) is 5.75 Å². The summed E-state index contributed by atoms with van der Waals surface area (Å²) >= 11 is 0. The van der Waals surface area contributed by atoms with Gasteiger partial charge in [0.25, 0.3) is 0 Å². The minimum atomic E-state index is -0.962. The number of rotatable bonds is 6. The summed E-state index contributed by atoms with van der Waals surface area (Å²) in [6.45, 7) is 1.82. The summed E-state index contributed by atoms with van der Waals surface area (Å²) < 4.78 is 10.8. The Hall–Kier alpha value is -1.11. The van der Waals surface area contributed by atoms with Crippen molar-refractivity contribution in [3.63, 3.8) is 0 Å². The Morgan fingerprint density at radius 3 is 2.53 bits per heavy atom. The van der Waals surface area contributed by atoms with Gasteiger partial charge >= 0.3 is 12.0 Å². The van der Waals surface area contributed by atoms with Crippen molar-refractivity contribution in [3.05, 3.63) is 0 Å². The summed E-state index contributed by atoms with van der Waals surface area (Å²) in [6, 6.07) is -0.630. The number of carbonyl (C=O) groups excluding carboxylic acids is 1. The van der Waals surface area contributed by atoms with Crippen LogP contribution in [0.5, 0.6) is 0 Å². The molecule has 0 fully saturated rings. The van der Waals surface area contributed by atoms with Gasteiger partial charge in [0.1, 0.15) is 0 Å². The summed E-state index contributed by atoms with van der Waals surface area (Å²) in [5, 5.41) is 13.3. The van der Waals surface area contributed by atoms with Crippen LogP contribution in [0.1, 0.15) is 13.3 Å². The van der Waals surface area contributed by atoms with Crippen molar-refractivity contribution in [2.24, 2.45) is 0 Å². The number of nitrogens with one attached hydrogen (secondary N) is 2. The average Bonchev–Trinajstić information content (AvgIpc) is 2.00. The fourth-order valence-electron chi connectivity index (χ4n) is 0.952. The Morgan fingerprint density at radius 1 is 1.47 bits per heavy atom. The van der Waals surface area contributed by atoms with Gasteiger partial charge in [0.15, 0.2) is 0 Å². The molecule has 0 spiro atoms. The van der Waals surface area contributed by atoms with Gasteiger partial charge in [-0.1, -0.05) is 0 Å². The number of aliphatic carboxylic acids is 1. The summed E-state index contributed by atoms with van der Waals surface area (Å²) in [6.07, 6.45) is 1.45. The molecule has 88 valence electrons. The van der Waals surface area contributed by atoms with Gasteiger partial charge in [0, 0.05) is 35.4 Å². The van der Waals surface area contributed by atoms with Crippen LogP contribution >= 0.6 is 0 Å². The first-order valence-electron chi connectivity index (χ1n) is 4.48. The smallest absolute Gasteiger partial charge is 0.315 e. The van der Waals surface area contributed by atoms with Crippen molar-refractivity contribution in [2.45, 2.75) is 19.4 Å². The second-order valence-corrected chi connectivity index (χ2v) is 4.66. The van der Waals surface area contributed by atoms with E-state index in [0.717, 1.165) is 0 Å². The van der Waals surface area contributed by atoms with Crippen molar-refractivity contribution in [3.8, 4) is 0 Å². The fraction of sp³-hybridized carbons (Fsp3) is 0.750. The van der Waals surface area contributed by atoms with Gasteiger partial charge in [-0.2, -0.15) is 0 Å². The van der Waals surface area contributed by atoms with Crippen molar-refractivity contribution in [1.82, 2.24) is 10.6 Å². The zero-order valence-electron chi connectivity index (χ0n) is 8.78. The Balaban J connectivity index is 3.64. The standard InChI is InChI=1S/C8H16N2O4S/c1-6(5-15(2)14)10-8(13)9-4-3-7(11)12/h6H,3-5H2,1-2H3,(H,11,12)(H2,9,10,13). The zero-order chi connectivity index (χ0) is 11.8. The quantitative estimate of drug-likeness (QED) is 0.581. The number of carboxylic acids is 1. The Kier molecular flexibility index (Phi) is 6.68. The molecule has 0 heterocycles. The molecule has 2 atom stereocenters. The minimum absolute atomic E-state index is 0.0864. The monoisotopic (exact) mass is 236 g/mol. The second kappa shape index (κ2) is 7.22. The maximum atomic E-state index is 11.1. The minimum Gasteiger partial charge on any atom is -0.481 e. The summed E-state index contributed by atoms with van der Waals surface area (Å²) in [4.78, 5) is 21.2. The first kappa shape index (κ1) is 13.9. The summed E-state index contributed by atoms with van der Waals surface area (Å²) in [7, 11) is -0.962. The highest BCUT2D eigenvalue weighted by molar-refractivity contribution is 7.84. The van der Waals surface area contributed by atoms with E-state index in [1.54, 1.807) is 13.2 Å². The maximum Gasteiger partial charge on any atom is 0.315 e. The molecule has 15 heavy (non-hydrogen) atoms. The normalized spacial score (nSPS) is 14.0. The van der Waals surface area contributed by atoms with E-state index >= 15 is 0 Å². The molecule has 0 aromatic heterocycles. The Morgan fingerprint density at radius 2 is 2.07 bits per heavy atom. The number of hydrogen-bond acceptors (Lipinski definition) is 3. The number of carbonyl (C=O) groups is 2. The Labute approximate surface area is 90.9 Å². The molecule has 0 aliphatic carbocycles. The summed E-state index contributed by atoms with van der Waals surface area (Å²) in [5.41, 5.74) is 0. The lowest BCUT2D eigenvalue weighted by Gasteiger charge is -2.12. The molecule has 0 saturated carbocycles. The van der Waals surface area contributed by atoms with Crippen molar-refractivity contribution in [2.75, 3.05) is 18.6 Å². The highest BCUT2D eigenvalue weighted by atomic mass is 32.2. The molecule has 0 rings (SSSR count). The van der Waals surface area contributed by atoms with E-state index in [9.17, 15) is 13.8 Å². The molecule has 2 unspecified atom stereocenters. The van der Waals surface area contributed by atoms with Crippen LogP contribution in [0.2, 0.25) is 0 Å². The number of urea groups is 1. The predicted octanol–water partition coefficient (Wildman–Crippen LogP) is -0.473. The molecule has 6 nitrogen and oxygen atoms in total. The van der Waals surface area contributed by atoms with E-state index in [2.05, 4.69) is 10.6 Å². The Bertz CT molecular complexity index is 257. The molecule has 2 amide bonds. The SMILES string of the molecule is CC(CS(C)=O)NC(=O)NCCC(=O)O. The summed E-state index contributed by atoms with van der Waals surface area (Å²) in [5.74, 6) is -0.579.